The molecule has 0 bridgehead atoms. The highest BCUT2D eigenvalue weighted by Gasteiger charge is 2.08. The van der Waals surface area contributed by atoms with Gasteiger partial charge in [0.25, 0.3) is 0 Å². The van der Waals surface area contributed by atoms with Gasteiger partial charge >= 0.3 is 0 Å². The Morgan fingerprint density at radius 2 is 1.79 bits per heavy atom. The van der Waals surface area contributed by atoms with Crippen LogP contribution >= 0.6 is 0 Å². The van der Waals surface area contributed by atoms with E-state index in [1.54, 1.807) is 7.05 Å². The van der Waals surface area contributed by atoms with Gasteiger partial charge in [-0.25, -0.2) is 8.78 Å². The average Bonchev–Trinajstić information content (AvgIpc) is 2.19. The minimum atomic E-state index is -0.915. The van der Waals surface area contributed by atoms with E-state index < -0.39 is 11.6 Å². The summed E-state index contributed by atoms with van der Waals surface area (Å²) in [5.74, 6) is -1.78. The van der Waals surface area contributed by atoms with Crippen molar-refractivity contribution in [3.63, 3.8) is 0 Å². The highest BCUT2D eigenvalue weighted by molar-refractivity contribution is 5.28. The number of halogens is 2. The monoisotopic (exact) mass is 201 g/mol. The summed E-state index contributed by atoms with van der Waals surface area (Å²) in [4.78, 5) is 0. The number of nitrogens with one attached hydrogen (secondary N) is 1. The third kappa shape index (κ3) is 2.49. The molecule has 14 heavy (non-hydrogen) atoms. The van der Waals surface area contributed by atoms with E-state index in [-0.39, 0.29) is 6.61 Å². The fourth-order valence-electron chi connectivity index (χ4n) is 1.27. The molecule has 2 N–H and O–H groups in total. The van der Waals surface area contributed by atoms with Gasteiger partial charge in [-0.1, -0.05) is 0 Å². The van der Waals surface area contributed by atoms with Crippen LogP contribution in [0.5, 0.6) is 0 Å². The number of aliphatic hydroxyl groups is 1. The lowest BCUT2D eigenvalue weighted by Gasteiger charge is -2.07. The van der Waals surface area contributed by atoms with Gasteiger partial charge in [-0.2, -0.15) is 0 Å². The molecule has 2 nitrogen and oxygen atoms in total. The number of benzene rings is 1. The molecule has 78 valence electrons. The first-order valence-corrected chi connectivity index (χ1v) is 4.41. The van der Waals surface area contributed by atoms with Crippen molar-refractivity contribution in [3.05, 3.63) is 34.9 Å². The highest BCUT2D eigenvalue weighted by Crippen LogP contribution is 2.15. The second-order valence-corrected chi connectivity index (χ2v) is 3.05. The Balaban J connectivity index is 2.95. The van der Waals surface area contributed by atoms with Gasteiger partial charge in [0.1, 0.15) is 0 Å². The lowest BCUT2D eigenvalue weighted by atomic mass is 10.0. The SMILES string of the molecule is CNCCc1cc(F)c(F)cc1CO. The first-order valence-electron chi connectivity index (χ1n) is 4.41. The maximum Gasteiger partial charge on any atom is 0.159 e. The van der Waals surface area contributed by atoms with Gasteiger partial charge in [-0.3, -0.25) is 0 Å². The average molecular weight is 201 g/mol. The van der Waals surface area contributed by atoms with Crippen LogP contribution in [0.2, 0.25) is 0 Å². The van der Waals surface area contributed by atoms with Crippen LogP contribution in [0.15, 0.2) is 12.1 Å². The van der Waals surface area contributed by atoms with Crippen LogP contribution in [0.1, 0.15) is 11.1 Å². The molecule has 0 saturated heterocycles. The normalized spacial score (nSPS) is 10.6. The summed E-state index contributed by atoms with van der Waals surface area (Å²) < 4.78 is 25.6. The van der Waals surface area contributed by atoms with Crippen molar-refractivity contribution in [1.82, 2.24) is 5.32 Å². The van der Waals surface area contributed by atoms with E-state index in [0.717, 1.165) is 12.1 Å². The summed E-state index contributed by atoms with van der Waals surface area (Å²) in [6.07, 6.45) is 0.573. The molecule has 0 spiro atoms. The molecule has 0 aliphatic carbocycles. The molecule has 0 aliphatic heterocycles. The van der Waals surface area contributed by atoms with Gasteiger partial charge in [0.2, 0.25) is 0 Å². The molecule has 0 fully saturated rings. The molecule has 0 saturated carbocycles. The topological polar surface area (TPSA) is 32.3 Å². The highest BCUT2D eigenvalue weighted by atomic mass is 19.2. The van der Waals surface area contributed by atoms with Crippen LogP contribution in [-0.4, -0.2) is 18.7 Å². The fraction of sp³-hybridized carbons (Fsp3) is 0.400. The Bertz CT molecular complexity index is 315. The Labute approximate surface area is 81.6 Å². The third-order valence-electron chi connectivity index (χ3n) is 2.06. The third-order valence-corrected chi connectivity index (χ3v) is 2.06. The molecule has 4 heteroatoms. The van der Waals surface area contributed by atoms with Crippen molar-refractivity contribution in [3.8, 4) is 0 Å². The number of aliphatic hydroxyl groups excluding tert-OH is 1. The molecule has 0 aliphatic rings. The Kier molecular flexibility index (Phi) is 3.98. The molecule has 0 unspecified atom stereocenters. The fourth-order valence-corrected chi connectivity index (χ4v) is 1.27. The standard InChI is InChI=1S/C10H13F2NO/c1-13-3-2-7-4-9(11)10(12)5-8(7)6-14/h4-5,13-14H,2-3,6H2,1H3. The van der Waals surface area contributed by atoms with E-state index in [9.17, 15) is 8.78 Å². The van der Waals surface area contributed by atoms with Crippen molar-refractivity contribution in [1.29, 1.82) is 0 Å². The quantitative estimate of drug-likeness (QED) is 0.767. The van der Waals surface area contributed by atoms with Crippen molar-refractivity contribution in [2.24, 2.45) is 0 Å². The summed E-state index contributed by atoms with van der Waals surface area (Å²) >= 11 is 0. The van der Waals surface area contributed by atoms with Crippen molar-refractivity contribution in [2.75, 3.05) is 13.6 Å². The van der Waals surface area contributed by atoms with Gasteiger partial charge in [-0.15, -0.1) is 0 Å². The summed E-state index contributed by atoms with van der Waals surface area (Å²) in [6.45, 7) is 0.397. The van der Waals surface area contributed by atoms with Gasteiger partial charge in [0, 0.05) is 0 Å². The maximum absolute atomic E-state index is 12.8. The van der Waals surface area contributed by atoms with E-state index in [4.69, 9.17) is 5.11 Å². The minimum absolute atomic E-state index is 0.268. The Hall–Kier alpha value is -1.00. The van der Waals surface area contributed by atoms with Crippen molar-refractivity contribution >= 4 is 0 Å². The zero-order chi connectivity index (χ0) is 10.6. The van der Waals surface area contributed by atoms with Crippen LogP contribution in [0.3, 0.4) is 0 Å². The van der Waals surface area contributed by atoms with Crippen molar-refractivity contribution in [2.45, 2.75) is 13.0 Å². The minimum Gasteiger partial charge on any atom is -0.392 e. The lowest BCUT2D eigenvalue weighted by molar-refractivity contribution is 0.279. The van der Waals surface area contributed by atoms with Gasteiger partial charge in [-0.05, 0) is 43.3 Å². The summed E-state index contributed by atoms with van der Waals surface area (Å²) in [5, 5.41) is 11.8. The van der Waals surface area contributed by atoms with Crippen LogP contribution in [0, 0.1) is 11.6 Å². The molecular formula is C10H13F2NO. The van der Waals surface area contributed by atoms with Gasteiger partial charge in [0.15, 0.2) is 11.6 Å². The summed E-state index contributed by atoms with van der Waals surface area (Å²) in [7, 11) is 1.78. The Morgan fingerprint density at radius 3 is 2.29 bits per heavy atom. The van der Waals surface area contributed by atoms with Crippen LogP contribution < -0.4 is 5.32 Å². The number of rotatable bonds is 4. The molecule has 0 radical (unpaired) electrons. The second-order valence-electron chi connectivity index (χ2n) is 3.05. The van der Waals surface area contributed by atoms with E-state index in [1.165, 1.54) is 0 Å². The molecule has 0 atom stereocenters. The maximum atomic E-state index is 12.8. The van der Waals surface area contributed by atoms with E-state index in [1.807, 2.05) is 0 Å². The molecule has 1 aromatic carbocycles. The molecule has 0 amide bonds. The van der Waals surface area contributed by atoms with E-state index >= 15 is 0 Å². The largest absolute Gasteiger partial charge is 0.392 e. The number of hydrogen-bond donors (Lipinski definition) is 2. The van der Waals surface area contributed by atoms with Crippen molar-refractivity contribution < 1.29 is 13.9 Å². The first-order chi connectivity index (χ1) is 6.69. The van der Waals surface area contributed by atoms with Gasteiger partial charge < -0.3 is 10.4 Å². The predicted molar refractivity (Wildman–Crippen MR) is 49.9 cm³/mol. The first kappa shape index (κ1) is 11.1. The van der Waals surface area contributed by atoms with Crippen LogP contribution in [0.25, 0.3) is 0 Å². The zero-order valence-electron chi connectivity index (χ0n) is 7.98. The van der Waals surface area contributed by atoms with Crippen LogP contribution in [0.4, 0.5) is 8.78 Å². The Morgan fingerprint density at radius 1 is 1.21 bits per heavy atom. The zero-order valence-corrected chi connectivity index (χ0v) is 7.98. The van der Waals surface area contributed by atoms with E-state index in [0.29, 0.717) is 24.1 Å². The summed E-state index contributed by atoms with van der Waals surface area (Å²) in [6, 6.07) is 2.18. The second kappa shape index (κ2) is 5.02. The van der Waals surface area contributed by atoms with E-state index in [2.05, 4.69) is 5.32 Å². The van der Waals surface area contributed by atoms with Crippen LogP contribution in [-0.2, 0) is 13.0 Å². The predicted octanol–water partition coefficient (Wildman–Crippen LogP) is 1.22. The molecule has 1 aromatic rings. The number of hydrogen-bond acceptors (Lipinski definition) is 2. The lowest BCUT2D eigenvalue weighted by Crippen LogP contribution is -2.12. The summed E-state index contributed by atoms with van der Waals surface area (Å²) in [5.41, 5.74) is 1.08. The molecule has 1 rings (SSSR count). The molecule has 0 aromatic heterocycles. The number of likely N-dealkylation sites (N-methyl/N-ethyl adjacent to an activating group) is 1. The molecular weight excluding hydrogens is 188 g/mol. The molecule has 0 heterocycles. The van der Waals surface area contributed by atoms with Gasteiger partial charge in [0.05, 0.1) is 6.61 Å². The smallest absolute Gasteiger partial charge is 0.159 e.